The number of aromatic nitrogens is 3. The van der Waals surface area contributed by atoms with Crippen LogP contribution in [0, 0.1) is 0 Å². The van der Waals surface area contributed by atoms with E-state index in [1.165, 1.54) is 77.0 Å². The van der Waals surface area contributed by atoms with Crippen LogP contribution in [0.3, 0.4) is 0 Å². The van der Waals surface area contributed by atoms with Crippen LogP contribution in [0.1, 0.15) is 103 Å². The molecule has 2 heterocycles. The Balaban J connectivity index is 1.44. The molecule has 35 heavy (non-hydrogen) atoms. The van der Waals surface area contributed by atoms with E-state index in [2.05, 4.69) is 17.0 Å². The van der Waals surface area contributed by atoms with Crippen molar-refractivity contribution in [2.45, 2.75) is 109 Å². The molecule has 0 aromatic carbocycles. The number of fused-ring (bicyclic) bond motifs is 1. The van der Waals surface area contributed by atoms with E-state index in [0.29, 0.717) is 12.4 Å². The van der Waals surface area contributed by atoms with E-state index in [1.807, 2.05) is 12.1 Å². The van der Waals surface area contributed by atoms with Crippen LogP contribution in [0.2, 0.25) is 0 Å². The molecule has 0 spiro atoms. The fraction of sp³-hybridized carbons (Fsp3) is 0.769. The molecular formula is C26H47N4O4P. The number of unbranched alkanes of at least 4 members (excludes halogenated alkanes) is 12. The van der Waals surface area contributed by atoms with Crippen LogP contribution in [0.5, 0.6) is 0 Å². The second kappa shape index (κ2) is 18.9. The Morgan fingerprint density at radius 3 is 2.20 bits per heavy atom. The number of ether oxygens (including phenoxy) is 1. The summed E-state index contributed by atoms with van der Waals surface area (Å²) in [6.07, 6.45) is 19.8. The molecule has 2 atom stereocenters. The number of hydrogen-bond donors (Lipinski definition) is 2. The van der Waals surface area contributed by atoms with Crippen molar-refractivity contribution in [3.8, 4) is 0 Å². The van der Waals surface area contributed by atoms with Gasteiger partial charge in [0, 0.05) is 12.8 Å². The lowest BCUT2D eigenvalue weighted by molar-refractivity contribution is 0.0440. The minimum atomic E-state index is -1.87. The van der Waals surface area contributed by atoms with Gasteiger partial charge in [0.2, 0.25) is 0 Å². The molecule has 0 aliphatic carbocycles. The van der Waals surface area contributed by atoms with E-state index in [0.717, 1.165) is 36.9 Å². The summed E-state index contributed by atoms with van der Waals surface area (Å²) in [6, 6.07) is 3.91. The van der Waals surface area contributed by atoms with Crippen molar-refractivity contribution in [3.05, 3.63) is 24.2 Å². The Morgan fingerprint density at radius 2 is 1.57 bits per heavy atom. The topological polar surface area (TPSA) is 104 Å². The molecule has 0 aliphatic heterocycles. The highest BCUT2D eigenvalue weighted by Crippen LogP contribution is 2.33. The Morgan fingerprint density at radius 1 is 0.943 bits per heavy atom. The van der Waals surface area contributed by atoms with Gasteiger partial charge in [0.1, 0.15) is 11.8 Å². The number of nitrogen functional groups attached to an aromatic ring is 1. The van der Waals surface area contributed by atoms with Gasteiger partial charge in [0.05, 0.1) is 19.3 Å². The van der Waals surface area contributed by atoms with Crippen LogP contribution in [0.25, 0.3) is 5.52 Å². The summed E-state index contributed by atoms with van der Waals surface area (Å²) in [5.74, 6) is 0.462. The van der Waals surface area contributed by atoms with Crippen LogP contribution >= 0.6 is 8.60 Å². The molecule has 2 aromatic heterocycles. The number of nitrogens with zero attached hydrogens (tertiary/aromatic N) is 3. The van der Waals surface area contributed by atoms with Gasteiger partial charge in [-0.15, -0.1) is 0 Å². The third-order valence-corrected chi connectivity index (χ3v) is 7.21. The van der Waals surface area contributed by atoms with E-state index in [9.17, 15) is 4.89 Å². The maximum atomic E-state index is 10.0. The molecule has 200 valence electrons. The molecular weight excluding hydrogens is 463 g/mol. The van der Waals surface area contributed by atoms with Crippen molar-refractivity contribution < 1.29 is 18.7 Å². The Bertz CT molecular complexity index is 792. The number of nitrogens with two attached hydrogens (primary N) is 1. The minimum Gasteiger partial charge on any atom is -0.382 e. The highest BCUT2D eigenvalue weighted by atomic mass is 31.2. The van der Waals surface area contributed by atoms with Crippen molar-refractivity contribution in [1.82, 2.24) is 14.6 Å². The van der Waals surface area contributed by atoms with Crippen molar-refractivity contribution in [2.24, 2.45) is 0 Å². The largest absolute Gasteiger partial charge is 0.382 e. The third kappa shape index (κ3) is 12.5. The van der Waals surface area contributed by atoms with Crippen LogP contribution in [-0.4, -0.2) is 45.9 Å². The third-order valence-electron chi connectivity index (χ3n) is 6.44. The number of hydrogen-bond acceptors (Lipinski definition) is 7. The first-order chi connectivity index (χ1) is 17.2. The summed E-state index contributed by atoms with van der Waals surface area (Å²) >= 11 is 0. The van der Waals surface area contributed by atoms with Gasteiger partial charge in [-0.1, -0.05) is 84.0 Å². The first-order valence-electron chi connectivity index (χ1n) is 13.5. The van der Waals surface area contributed by atoms with Gasteiger partial charge in [-0.25, -0.2) is 9.50 Å². The summed E-state index contributed by atoms with van der Waals surface area (Å²) in [5, 5.41) is 4.26. The fourth-order valence-corrected chi connectivity index (χ4v) is 4.87. The second-order valence-corrected chi connectivity index (χ2v) is 10.3. The molecule has 0 bridgehead atoms. The van der Waals surface area contributed by atoms with Crippen molar-refractivity contribution in [1.29, 1.82) is 0 Å². The number of anilines is 1. The maximum Gasteiger partial charge on any atom is 0.329 e. The molecule has 2 rings (SSSR count). The van der Waals surface area contributed by atoms with Crippen LogP contribution in [-0.2, 0) is 20.2 Å². The molecule has 0 saturated carbocycles. The molecule has 9 heteroatoms. The number of rotatable bonds is 22. The zero-order chi connectivity index (χ0) is 25.1. The predicted octanol–water partition coefficient (Wildman–Crippen LogP) is 6.60. The average Bonchev–Trinajstić information content (AvgIpc) is 3.28. The normalized spacial score (nSPS) is 13.5. The van der Waals surface area contributed by atoms with Gasteiger partial charge in [-0.3, -0.25) is 0 Å². The molecule has 0 aliphatic rings. The molecule has 0 amide bonds. The van der Waals surface area contributed by atoms with Gasteiger partial charge in [-0.05, 0) is 31.4 Å². The quantitative estimate of drug-likeness (QED) is 0.136. The van der Waals surface area contributed by atoms with Gasteiger partial charge < -0.3 is 24.4 Å². The highest BCUT2D eigenvalue weighted by molar-refractivity contribution is 7.40. The fourth-order valence-electron chi connectivity index (χ4n) is 4.22. The summed E-state index contributed by atoms with van der Waals surface area (Å²) in [5.41, 5.74) is 7.72. The summed E-state index contributed by atoms with van der Waals surface area (Å²) in [7, 11) is -0.219. The number of aryl methyl sites for hydroxylation is 1. The molecule has 0 saturated heterocycles. The summed E-state index contributed by atoms with van der Waals surface area (Å²) in [4.78, 5) is 14.0. The maximum absolute atomic E-state index is 10.0. The standard InChI is InChI=1S/C26H47N4O4P/c1-3-4-5-6-7-8-9-10-11-12-13-14-15-20-33-35(31)34-21-24(32-2)18-16-23-17-19-25-26(27)28-22-29-30(23)25/h17,19,22,24,31H,3-16,18,20-21H2,1-2H3,(H2,27,28,29). The predicted molar refractivity (Wildman–Crippen MR) is 143 cm³/mol. The molecule has 3 N–H and O–H groups in total. The lowest BCUT2D eigenvalue weighted by Gasteiger charge is -2.17. The van der Waals surface area contributed by atoms with E-state index in [-0.39, 0.29) is 12.7 Å². The SMILES string of the molecule is CCCCCCCCCCCCCCCOP(O)OCC(CCc1ccc2c(N)ncnn12)OC. The Labute approximate surface area is 212 Å². The first-order valence-corrected chi connectivity index (χ1v) is 14.6. The lowest BCUT2D eigenvalue weighted by atomic mass is 10.0. The minimum absolute atomic E-state index is 0.142. The summed E-state index contributed by atoms with van der Waals surface area (Å²) < 4.78 is 18.3. The van der Waals surface area contributed by atoms with Crippen LogP contribution < -0.4 is 5.73 Å². The van der Waals surface area contributed by atoms with Crippen LogP contribution in [0.4, 0.5) is 5.82 Å². The molecule has 2 unspecified atom stereocenters. The highest BCUT2D eigenvalue weighted by Gasteiger charge is 2.15. The van der Waals surface area contributed by atoms with Gasteiger partial charge in [0.15, 0.2) is 5.82 Å². The van der Waals surface area contributed by atoms with E-state index < -0.39 is 8.60 Å². The average molecular weight is 511 g/mol. The molecule has 2 aromatic rings. The van der Waals surface area contributed by atoms with Crippen molar-refractivity contribution in [3.63, 3.8) is 0 Å². The van der Waals surface area contributed by atoms with Gasteiger partial charge >= 0.3 is 8.60 Å². The molecule has 8 nitrogen and oxygen atoms in total. The molecule has 0 radical (unpaired) electrons. The van der Waals surface area contributed by atoms with Crippen molar-refractivity contribution in [2.75, 3.05) is 26.1 Å². The Kier molecular flexibility index (Phi) is 16.1. The van der Waals surface area contributed by atoms with E-state index in [4.69, 9.17) is 19.5 Å². The summed E-state index contributed by atoms with van der Waals surface area (Å²) in [6.45, 7) is 3.09. The van der Waals surface area contributed by atoms with Gasteiger partial charge in [0.25, 0.3) is 0 Å². The van der Waals surface area contributed by atoms with E-state index in [1.54, 1.807) is 11.6 Å². The smallest absolute Gasteiger partial charge is 0.329 e. The van der Waals surface area contributed by atoms with E-state index >= 15 is 0 Å². The second-order valence-electron chi connectivity index (χ2n) is 9.27. The lowest BCUT2D eigenvalue weighted by Crippen LogP contribution is -2.18. The first kappa shape index (κ1) is 29.9. The molecule has 0 fully saturated rings. The Hall–Kier alpha value is -1.31. The number of methoxy groups -OCH3 is 1. The zero-order valence-electron chi connectivity index (χ0n) is 21.9. The van der Waals surface area contributed by atoms with Crippen molar-refractivity contribution >= 4 is 19.9 Å². The monoisotopic (exact) mass is 510 g/mol. The van der Waals surface area contributed by atoms with Gasteiger partial charge in [-0.2, -0.15) is 5.10 Å². The van der Waals surface area contributed by atoms with Crippen LogP contribution in [0.15, 0.2) is 18.5 Å². The zero-order valence-corrected chi connectivity index (χ0v) is 22.8.